The van der Waals surface area contributed by atoms with Crippen LogP contribution in [0.2, 0.25) is 0 Å². The smallest absolute Gasteiger partial charge is 0.319 e. The number of aromatic nitrogens is 3. The van der Waals surface area contributed by atoms with Gasteiger partial charge in [0.05, 0.1) is 23.8 Å². The Morgan fingerprint density at radius 3 is 2.68 bits per heavy atom. The molecule has 0 aliphatic rings. The molecule has 0 aromatic carbocycles. The molecule has 2 N–H and O–H groups in total. The molecule has 6 nitrogen and oxygen atoms in total. The van der Waals surface area contributed by atoms with Crippen LogP contribution >= 0.6 is 11.3 Å². The van der Waals surface area contributed by atoms with Gasteiger partial charge in [-0.15, -0.1) is 11.3 Å². The monoisotopic (exact) mass is 328 g/mol. The maximum Gasteiger partial charge on any atom is 0.319 e. The summed E-state index contributed by atoms with van der Waals surface area (Å²) in [6.07, 6.45) is 2.60. The average Bonchev–Trinajstić information content (AvgIpc) is 3.05. The van der Waals surface area contributed by atoms with Crippen LogP contribution in [0.25, 0.3) is 0 Å². The third-order valence-electron chi connectivity index (χ3n) is 3.01. The minimum Gasteiger partial charge on any atom is -0.351 e. The average molecular weight is 328 g/mol. The number of imidazole rings is 1. The van der Waals surface area contributed by atoms with Gasteiger partial charge in [-0.2, -0.15) is 8.78 Å². The number of aryl methyl sites for hydroxylation is 2. The molecule has 0 aliphatic heterocycles. The molecule has 2 aromatic heterocycles. The number of rotatable bonds is 5. The summed E-state index contributed by atoms with van der Waals surface area (Å²) >= 11 is 1.62. The van der Waals surface area contributed by atoms with Crippen molar-refractivity contribution in [3.63, 3.8) is 0 Å². The Balaban J connectivity index is 1.90. The number of guanidine groups is 1. The van der Waals surface area contributed by atoms with Gasteiger partial charge in [0.2, 0.25) is 0 Å². The quantitative estimate of drug-likeness (QED) is 0.652. The Morgan fingerprint density at radius 1 is 1.36 bits per heavy atom. The molecule has 0 fully saturated rings. The van der Waals surface area contributed by atoms with Gasteiger partial charge in [0, 0.05) is 24.3 Å². The van der Waals surface area contributed by atoms with Crippen molar-refractivity contribution in [2.75, 3.05) is 7.05 Å². The summed E-state index contributed by atoms with van der Waals surface area (Å²) in [5.41, 5.74) is 0.985. The van der Waals surface area contributed by atoms with Crippen molar-refractivity contribution in [3.05, 3.63) is 33.8 Å². The Bertz CT molecular complexity index is 649. The molecule has 2 aromatic rings. The molecule has 0 saturated carbocycles. The Kier molecular flexibility index (Phi) is 5.42. The number of nitrogens with one attached hydrogen (secondary N) is 2. The van der Waals surface area contributed by atoms with Gasteiger partial charge in [-0.3, -0.25) is 9.56 Å². The fraction of sp³-hybridized carbons (Fsp3) is 0.462. The van der Waals surface area contributed by atoms with E-state index in [0.717, 1.165) is 20.1 Å². The molecule has 0 radical (unpaired) electrons. The van der Waals surface area contributed by atoms with Gasteiger partial charge in [0.25, 0.3) is 0 Å². The summed E-state index contributed by atoms with van der Waals surface area (Å²) in [7, 11) is 1.62. The summed E-state index contributed by atoms with van der Waals surface area (Å²) in [6, 6.07) is 0. The lowest BCUT2D eigenvalue weighted by Gasteiger charge is -2.12. The first-order valence-electron chi connectivity index (χ1n) is 6.68. The number of halogens is 2. The zero-order valence-electron chi connectivity index (χ0n) is 12.6. The minimum absolute atomic E-state index is 0.164. The van der Waals surface area contributed by atoms with Crippen LogP contribution < -0.4 is 10.6 Å². The largest absolute Gasteiger partial charge is 0.351 e. The summed E-state index contributed by atoms with van der Waals surface area (Å²) in [5, 5.41) is 7.12. The van der Waals surface area contributed by atoms with E-state index in [1.165, 1.54) is 12.4 Å². The SMILES string of the molecule is CN=C(NCc1sc(C)nc1C)NCc1nccn1C(F)F. The first-order valence-corrected chi connectivity index (χ1v) is 7.50. The molecule has 0 spiro atoms. The molecular weight excluding hydrogens is 310 g/mol. The van der Waals surface area contributed by atoms with E-state index in [0.29, 0.717) is 12.5 Å². The number of hydrogen-bond donors (Lipinski definition) is 2. The van der Waals surface area contributed by atoms with Crippen LogP contribution in [-0.2, 0) is 13.1 Å². The maximum absolute atomic E-state index is 12.7. The van der Waals surface area contributed by atoms with Crippen molar-refractivity contribution in [2.24, 2.45) is 4.99 Å². The van der Waals surface area contributed by atoms with Crippen LogP contribution in [0.15, 0.2) is 17.4 Å². The van der Waals surface area contributed by atoms with E-state index >= 15 is 0 Å². The molecule has 2 rings (SSSR count). The first kappa shape index (κ1) is 16.3. The fourth-order valence-corrected chi connectivity index (χ4v) is 2.82. The molecule has 2 heterocycles. The van der Waals surface area contributed by atoms with Crippen molar-refractivity contribution in [1.29, 1.82) is 0 Å². The topological polar surface area (TPSA) is 67.1 Å². The summed E-state index contributed by atoms with van der Waals surface area (Å²) in [5.74, 6) is 0.775. The predicted molar refractivity (Wildman–Crippen MR) is 82.1 cm³/mol. The third-order valence-corrected chi connectivity index (χ3v) is 4.09. The van der Waals surface area contributed by atoms with Crippen molar-refractivity contribution in [1.82, 2.24) is 25.2 Å². The molecule has 0 unspecified atom stereocenters. The standard InChI is InChI=1S/C13H18F2N6S/c1-8-10(22-9(2)20-8)6-18-13(16-3)19-7-11-17-4-5-21(11)12(14)15/h4-5,12H,6-7H2,1-3H3,(H2,16,18,19). The molecular formula is C13H18F2N6S. The normalized spacial score (nSPS) is 12.0. The maximum atomic E-state index is 12.7. The third kappa shape index (κ3) is 4.00. The van der Waals surface area contributed by atoms with Crippen LogP contribution in [0.5, 0.6) is 0 Å². The van der Waals surface area contributed by atoms with Gasteiger partial charge in [-0.1, -0.05) is 0 Å². The molecule has 0 saturated heterocycles. The van der Waals surface area contributed by atoms with Crippen LogP contribution in [0, 0.1) is 13.8 Å². The van der Waals surface area contributed by atoms with Gasteiger partial charge >= 0.3 is 6.55 Å². The highest BCUT2D eigenvalue weighted by atomic mass is 32.1. The molecule has 120 valence electrons. The van der Waals surface area contributed by atoms with E-state index in [-0.39, 0.29) is 12.4 Å². The van der Waals surface area contributed by atoms with Crippen LogP contribution in [0.1, 0.15) is 28.0 Å². The highest BCUT2D eigenvalue weighted by Crippen LogP contribution is 2.16. The van der Waals surface area contributed by atoms with Gasteiger partial charge in [-0.25, -0.2) is 9.97 Å². The summed E-state index contributed by atoms with van der Waals surface area (Å²) < 4.78 is 26.3. The van der Waals surface area contributed by atoms with Gasteiger partial charge in [0.15, 0.2) is 5.96 Å². The number of thiazole rings is 1. The highest BCUT2D eigenvalue weighted by Gasteiger charge is 2.12. The molecule has 0 amide bonds. The molecule has 22 heavy (non-hydrogen) atoms. The van der Waals surface area contributed by atoms with E-state index in [1.54, 1.807) is 18.4 Å². The van der Waals surface area contributed by atoms with Crippen molar-refractivity contribution >= 4 is 17.3 Å². The van der Waals surface area contributed by atoms with Crippen molar-refractivity contribution in [3.8, 4) is 0 Å². The Hall–Kier alpha value is -2.03. The predicted octanol–water partition coefficient (Wildman–Crippen LogP) is 2.22. The van der Waals surface area contributed by atoms with Gasteiger partial charge < -0.3 is 10.6 Å². The second kappa shape index (κ2) is 7.30. The van der Waals surface area contributed by atoms with E-state index in [4.69, 9.17) is 0 Å². The second-order valence-electron chi connectivity index (χ2n) is 4.55. The second-order valence-corrected chi connectivity index (χ2v) is 5.84. The van der Waals surface area contributed by atoms with Crippen LogP contribution in [0.3, 0.4) is 0 Å². The van der Waals surface area contributed by atoms with E-state index < -0.39 is 6.55 Å². The van der Waals surface area contributed by atoms with E-state index in [1.807, 2.05) is 13.8 Å². The molecule has 0 aliphatic carbocycles. The zero-order valence-corrected chi connectivity index (χ0v) is 13.4. The zero-order chi connectivity index (χ0) is 16.1. The number of alkyl halides is 2. The van der Waals surface area contributed by atoms with Crippen LogP contribution in [0.4, 0.5) is 8.78 Å². The highest BCUT2D eigenvalue weighted by molar-refractivity contribution is 7.11. The molecule has 9 heteroatoms. The lowest BCUT2D eigenvalue weighted by atomic mass is 10.4. The molecule has 0 atom stereocenters. The lowest BCUT2D eigenvalue weighted by molar-refractivity contribution is 0.0668. The summed E-state index contributed by atoms with van der Waals surface area (Å²) in [6.45, 7) is 2.06. The number of hydrogen-bond acceptors (Lipinski definition) is 4. The lowest BCUT2D eigenvalue weighted by Crippen LogP contribution is -2.37. The van der Waals surface area contributed by atoms with Crippen molar-refractivity contribution in [2.45, 2.75) is 33.5 Å². The van der Waals surface area contributed by atoms with E-state index in [2.05, 4.69) is 25.6 Å². The number of nitrogens with zero attached hydrogens (tertiary/aromatic N) is 4. The molecule has 0 bridgehead atoms. The van der Waals surface area contributed by atoms with Crippen LogP contribution in [-0.4, -0.2) is 27.5 Å². The minimum atomic E-state index is -2.60. The van der Waals surface area contributed by atoms with Gasteiger partial charge in [0.1, 0.15) is 5.82 Å². The van der Waals surface area contributed by atoms with Crippen molar-refractivity contribution < 1.29 is 8.78 Å². The number of aliphatic imine (C=N–C) groups is 1. The Morgan fingerprint density at radius 2 is 2.09 bits per heavy atom. The first-order chi connectivity index (χ1) is 10.5. The Labute approximate surface area is 131 Å². The fourth-order valence-electron chi connectivity index (χ4n) is 1.94. The summed E-state index contributed by atoms with van der Waals surface area (Å²) in [4.78, 5) is 13.5. The van der Waals surface area contributed by atoms with Gasteiger partial charge in [-0.05, 0) is 13.8 Å². The van der Waals surface area contributed by atoms with E-state index in [9.17, 15) is 8.78 Å².